The molecule has 0 amide bonds. The van der Waals surface area contributed by atoms with E-state index < -0.39 is 25.9 Å². The topological polar surface area (TPSA) is 107 Å². The van der Waals surface area contributed by atoms with Crippen LogP contribution in [0.4, 0.5) is 0 Å². The van der Waals surface area contributed by atoms with Gasteiger partial charge in [-0.3, -0.25) is 14.7 Å². The maximum atomic E-state index is 10.9. The number of rotatable bonds is 7. The van der Waals surface area contributed by atoms with Crippen LogP contribution >= 0.6 is 7.60 Å². The van der Waals surface area contributed by atoms with Crippen LogP contribution in [0.25, 0.3) is 0 Å². The lowest BCUT2D eigenvalue weighted by atomic mass is 10.2. The van der Waals surface area contributed by atoms with Gasteiger partial charge in [0.2, 0.25) is 0 Å². The minimum Gasteiger partial charge on any atom is -0.480 e. The Morgan fingerprint density at radius 1 is 1.50 bits per heavy atom. The zero-order chi connectivity index (χ0) is 11.2. The van der Waals surface area contributed by atoms with Crippen LogP contribution in [-0.2, 0) is 9.36 Å². The van der Waals surface area contributed by atoms with Crippen molar-refractivity contribution >= 4 is 13.6 Å². The molecule has 0 heterocycles. The summed E-state index contributed by atoms with van der Waals surface area (Å²) in [7, 11) is -4.24. The first-order valence-electron chi connectivity index (χ1n) is 4.38. The Labute approximate surface area is 82.5 Å². The third-order valence-electron chi connectivity index (χ3n) is 1.73. The predicted molar refractivity (Wildman–Crippen MR) is 51.0 cm³/mol. The highest BCUT2D eigenvalue weighted by Crippen LogP contribution is 2.41. The Hall–Kier alpha value is -0.420. The smallest absolute Gasteiger partial charge is 0.342 e. The first-order chi connectivity index (χ1) is 6.38. The van der Waals surface area contributed by atoms with Crippen LogP contribution in [-0.4, -0.2) is 33.2 Å². The third-order valence-corrected chi connectivity index (χ3v) is 2.98. The second kappa shape index (κ2) is 6.14. The highest BCUT2D eigenvalue weighted by Gasteiger charge is 2.27. The van der Waals surface area contributed by atoms with E-state index in [9.17, 15) is 9.36 Å². The molecule has 7 heteroatoms. The number of carbonyl (C=O) groups is 1. The van der Waals surface area contributed by atoms with Crippen LogP contribution in [0.15, 0.2) is 0 Å². The third kappa shape index (κ3) is 6.10. The van der Waals surface area contributed by atoms with Gasteiger partial charge in [0, 0.05) is 0 Å². The van der Waals surface area contributed by atoms with Crippen molar-refractivity contribution in [3.8, 4) is 0 Å². The van der Waals surface area contributed by atoms with Crippen LogP contribution in [0, 0.1) is 0 Å². The maximum Gasteiger partial charge on any atom is 0.342 e. The van der Waals surface area contributed by atoms with Gasteiger partial charge in [-0.25, -0.2) is 0 Å². The Bertz CT molecular complexity index is 226. The molecule has 0 fully saturated rings. The number of unbranched alkanes of at least 4 members (excludes halogenated alkanes) is 1. The molecule has 0 aliphatic carbocycles. The Kier molecular flexibility index (Phi) is 5.95. The van der Waals surface area contributed by atoms with Crippen molar-refractivity contribution in [1.82, 2.24) is 5.32 Å². The second-order valence-corrected chi connectivity index (χ2v) is 4.82. The molecular weight excluding hydrogens is 209 g/mol. The summed E-state index contributed by atoms with van der Waals surface area (Å²) in [5, 5.41) is 10.7. The van der Waals surface area contributed by atoms with Gasteiger partial charge in [0.15, 0.2) is 0 Å². The molecule has 0 rings (SSSR count). The van der Waals surface area contributed by atoms with Crippen molar-refractivity contribution in [2.45, 2.75) is 32.0 Å². The van der Waals surface area contributed by atoms with Crippen molar-refractivity contribution in [1.29, 1.82) is 0 Å². The van der Waals surface area contributed by atoms with E-state index in [0.717, 1.165) is 6.42 Å². The summed E-state index contributed by atoms with van der Waals surface area (Å²) < 4.78 is 10.9. The van der Waals surface area contributed by atoms with Crippen LogP contribution in [0.2, 0.25) is 0 Å². The van der Waals surface area contributed by atoms with Gasteiger partial charge < -0.3 is 14.9 Å². The molecule has 0 radical (unpaired) electrons. The maximum absolute atomic E-state index is 10.9. The van der Waals surface area contributed by atoms with Gasteiger partial charge in [0.1, 0.15) is 5.78 Å². The lowest BCUT2D eigenvalue weighted by molar-refractivity contribution is -0.136. The van der Waals surface area contributed by atoms with E-state index in [-0.39, 0.29) is 6.42 Å². The SMILES string of the molecule is CCCCC(NCC(=O)O)P(=O)(O)O. The van der Waals surface area contributed by atoms with Gasteiger partial charge >= 0.3 is 13.6 Å². The van der Waals surface area contributed by atoms with Gasteiger partial charge in [-0.05, 0) is 6.42 Å². The van der Waals surface area contributed by atoms with Gasteiger partial charge in [-0.1, -0.05) is 19.8 Å². The normalized spacial score (nSPS) is 13.9. The summed E-state index contributed by atoms with van der Waals surface area (Å²) in [6.45, 7) is 1.47. The molecule has 0 aliphatic heterocycles. The van der Waals surface area contributed by atoms with E-state index in [4.69, 9.17) is 14.9 Å². The monoisotopic (exact) mass is 225 g/mol. The molecule has 4 N–H and O–H groups in total. The minimum absolute atomic E-state index is 0.286. The fourth-order valence-corrected chi connectivity index (χ4v) is 1.84. The van der Waals surface area contributed by atoms with Crippen LogP contribution in [0.3, 0.4) is 0 Å². The summed E-state index contributed by atoms with van der Waals surface area (Å²) in [6, 6.07) is 0. The van der Waals surface area contributed by atoms with Crippen LogP contribution < -0.4 is 5.32 Å². The second-order valence-electron chi connectivity index (χ2n) is 3.02. The fraction of sp³-hybridized carbons (Fsp3) is 0.857. The van der Waals surface area contributed by atoms with Crippen molar-refractivity contribution in [2.75, 3.05) is 6.54 Å². The Morgan fingerprint density at radius 2 is 2.07 bits per heavy atom. The van der Waals surface area contributed by atoms with E-state index >= 15 is 0 Å². The molecule has 0 aliphatic rings. The zero-order valence-corrected chi connectivity index (χ0v) is 8.91. The Balaban J connectivity index is 4.12. The largest absolute Gasteiger partial charge is 0.480 e. The highest BCUT2D eigenvalue weighted by molar-refractivity contribution is 7.52. The molecule has 14 heavy (non-hydrogen) atoms. The van der Waals surface area contributed by atoms with Crippen molar-refractivity contribution in [2.24, 2.45) is 0 Å². The van der Waals surface area contributed by atoms with E-state index in [2.05, 4.69) is 5.32 Å². The molecule has 0 saturated heterocycles. The predicted octanol–water partition coefficient (Wildman–Crippen LogP) is 0.355. The first kappa shape index (κ1) is 13.6. The molecule has 0 saturated carbocycles. The van der Waals surface area contributed by atoms with Crippen LogP contribution in [0.5, 0.6) is 0 Å². The van der Waals surface area contributed by atoms with Crippen molar-refractivity contribution in [3.05, 3.63) is 0 Å². The number of aliphatic carboxylic acids is 1. The number of nitrogens with one attached hydrogen (secondary N) is 1. The van der Waals surface area contributed by atoms with Gasteiger partial charge in [0.05, 0.1) is 6.54 Å². The van der Waals surface area contributed by atoms with E-state index in [0.29, 0.717) is 6.42 Å². The molecule has 1 atom stereocenters. The molecule has 1 unspecified atom stereocenters. The van der Waals surface area contributed by atoms with Crippen molar-refractivity contribution in [3.63, 3.8) is 0 Å². The first-order valence-corrected chi connectivity index (χ1v) is 6.06. The molecule has 0 aromatic carbocycles. The summed E-state index contributed by atoms with van der Waals surface area (Å²) in [6.07, 6.45) is 1.75. The Morgan fingerprint density at radius 3 is 2.43 bits per heavy atom. The number of hydrogen-bond acceptors (Lipinski definition) is 3. The molecule has 0 spiro atoms. The lowest BCUT2D eigenvalue weighted by Crippen LogP contribution is -2.33. The average molecular weight is 225 g/mol. The van der Waals surface area contributed by atoms with Gasteiger partial charge in [0.25, 0.3) is 0 Å². The summed E-state index contributed by atoms with van der Waals surface area (Å²) in [5.41, 5.74) is 0. The quantitative estimate of drug-likeness (QED) is 0.466. The summed E-state index contributed by atoms with van der Waals surface area (Å²) >= 11 is 0. The number of carboxylic acids is 1. The van der Waals surface area contributed by atoms with E-state index in [1.165, 1.54) is 0 Å². The lowest BCUT2D eigenvalue weighted by Gasteiger charge is -2.18. The number of carboxylic acid groups (broad SMARTS) is 1. The minimum atomic E-state index is -4.24. The summed E-state index contributed by atoms with van der Waals surface area (Å²) in [5.74, 6) is -2.17. The molecule has 0 aromatic rings. The van der Waals surface area contributed by atoms with Crippen LogP contribution in [0.1, 0.15) is 26.2 Å². The van der Waals surface area contributed by atoms with Crippen molar-refractivity contribution < 1.29 is 24.3 Å². The fourth-order valence-electron chi connectivity index (χ4n) is 0.992. The van der Waals surface area contributed by atoms with Gasteiger partial charge in [-0.15, -0.1) is 0 Å². The van der Waals surface area contributed by atoms with E-state index in [1.807, 2.05) is 6.92 Å². The summed E-state index contributed by atoms with van der Waals surface area (Å²) in [4.78, 5) is 27.9. The van der Waals surface area contributed by atoms with E-state index in [1.54, 1.807) is 0 Å². The average Bonchev–Trinajstić information content (AvgIpc) is 2.01. The molecular formula is C7H16NO5P. The van der Waals surface area contributed by atoms with Gasteiger partial charge in [-0.2, -0.15) is 0 Å². The standard InChI is InChI=1S/C7H16NO5P/c1-2-3-4-6(14(11,12)13)8-5-7(9)10/h6,8H,2-5H2,1H3,(H,9,10)(H2,11,12,13). The molecule has 0 aromatic heterocycles. The molecule has 6 nitrogen and oxygen atoms in total. The highest BCUT2D eigenvalue weighted by atomic mass is 31.2. The number of hydrogen-bond donors (Lipinski definition) is 4. The molecule has 0 bridgehead atoms. The zero-order valence-electron chi connectivity index (χ0n) is 8.01. The molecule has 84 valence electrons.